The van der Waals surface area contributed by atoms with Crippen molar-refractivity contribution in [1.82, 2.24) is 25.3 Å². The van der Waals surface area contributed by atoms with Gasteiger partial charge in [-0.05, 0) is 56.6 Å². The zero-order chi connectivity index (χ0) is 24.6. The number of ether oxygens (including phenoxy) is 1. The van der Waals surface area contributed by atoms with E-state index in [-0.39, 0.29) is 28.7 Å². The number of fused-ring (bicyclic) bond motifs is 1. The second-order valence-corrected chi connectivity index (χ2v) is 8.92. The normalized spacial score (nSPS) is 17.2. The van der Waals surface area contributed by atoms with Gasteiger partial charge in [0.2, 0.25) is 11.8 Å². The summed E-state index contributed by atoms with van der Waals surface area (Å²) in [4.78, 5) is 41.4. The molecule has 5 rings (SSSR count). The highest BCUT2D eigenvalue weighted by Gasteiger charge is 2.45. The largest absolute Gasteiger partial charge is 0.437 e. The first kappa shape index (κ1) is 23.0. The second-order valence-electron chi connectivity index (χ2n) is 8.92. The van der Waals surface area contributed by atoms with Gasteiger partial charge in [-0.2, -0.15) is 0 Å². The molecule has 3 aromatic rings. The van der Waals surface area contributed by atoms with Crippen molar-refractivity contribution in [2.24, 2.45) is 0 Å². The maximum atomic E-state index is 14.6. The first-order chi connectivity index (χ1) is 16.9. The molecular weight excluding hydrogens is 453 g/mol. The molecule has 0 bridgehead atoms. The van der Waals surface area contributed by atoms with E-state index in [1.165, 1.54) is 18.2 Å². The third kappa shape index (κ3) is 4.14. The van der Waals surface area contributed by atoms with E-state index in [2.05, 4.69) is 15.5 Å². The molecule has 1 saturated carbocycles. The molecule has 1 saturated heterocycles. The molecule has 0 unspecified atom stereocenters. The number of hydrogen-bond acceptors (Lipinski definition) is 6. The van der Waals surface area contributed by atoms with Crippen molar-refractivity contribution in [1.29, 1.82) is 0 Å². The van der Waals surface area contributed by atoms with Gasteiger partial charge < -0.3 is 19.9 Å². The molecule has 2 aromatic carbocycles. The third-order valence-corrected chi connectivity index (χ3v) is 6.99. The molecule has 1 aliphatic carbocycles. The van der Waals surface area contributed by atoms with E-state index >= 15 is 0 Å². The van der Waals surface area contributed by atoms with E-state index in [0.717, 1.165) is 19.3 Å². The van der Waals surface area contributed by atoms with Crippen molar-refractivity contribution in [3.8, 4) is 11.6 Å². The monoisotopic (exact) mass is 479 g/mol. The first-order valence-corrected chi connectivity index (χ1v) is 11.6. The zero-order valence-corrected chi connectivity index (χ0v) is 19.3. The average molecular weight is 480 g/mol. The van der Waals surface area contributed by atoms with E-state index in [1.54, 1.807) is 41.1 Å². The van der Waals surface area contributed by atoms with Crippen molar-refractivity contribution >= 4 is 22.6 Å². The van der Waals surface area contributed by atoms with Crippen LogP contribution in [0.5, 0.6) is 11.6 Å². The van der Waals surface area contributed by atoms with Gasteiger partial charge in [-0.3, -0.25) is 14.4 Å². The van der Waals surface area contributed by atoms with Crippen molar-refractivity contribution in [2.45, 2.75) is 24.8 Å². The summed E-state index contributed by atoms with van der Waals surface area (Å²) in [6, 6.07) is 10.7. The molecule has 10 heteroatoms. The summed E-state index contributed by atoms with van der Waals surface area (Å²) >= 11 is 0. The molecule has 0 radical (unpaired) electrons. The number of aromatic nitrogens is 2. The van der Waals surface area contributed by atoms with Crippen molar-refractivity contribution in [3.63, 3.8) is 0 Å². The molecule has 1 aliphatic heterocycles. The summed E-state index contributed by atoms with van der Waals surface area (Å²) < 4.78 is 20.5. The molecule has 2 N–H and O–H groups in total. The quantitative estimate of drug-likeness (QED) is 0.582. The lowest BCUT2D eigenvalue weighted by Crippen LogP contribution is -2.63. The number of rotatable bonds is 5. The van der Waals surface area contributed by atoms with Gasteiger partial charge in [0.15, 0.2) is 0 Å². The smallest absolute Gasteiger partial charge is 0.272 e. The van der Waals surface area contributed by atoms with Crippen LogP contribution in [0.15, 0.2) is 47.3 Å². The molecule has 1 aromatic heterocycles. The highest BCUT2D eigenvalue weighted by molar-refractivity contribution is 5.95. The van der Waals surface area contributed by atoms with Crippen LogP contribution in [-0.2, 0) is 4.79 Å². The van der Waals surface area contributed by atoms with E-state index in [4.69, 9.17) is 4.74 Å². The minimum absolute atomic E-state index is 0.0700. The highest BCUT2D eigenvalue weighted by Crippen LogP contribution is 2.33. The van der Waals surface area contributed by atoms with E-state index < -0.39 is 17.3 Å². The Hall–Kier alpha value is -3.79. The standard InChI is InChI=1S/C25H26FN5O4/c1-27-25(9-4-10-25)24(34)31-13-11-30(12-14-31)23(33)19-15-16(7-8-20(19)26)35-22-18-6-3-2-5-17(18)21(32)28-29-22/h2-3,5-8,15,27H,4,9-14H2,1H3,(H,28,32). The fraction of sp³-hybridized carbons (Fsp3) is 0.360. The Morgan fingerprint density at radius 3 is 2.40 bits per heavy atom. The van der Waals surface area contributed by atoms with Crippen LogP contribution in [0.3, 0.4) is 0 Å². The number of aromatic amines is 1. The number of halogens is 1. The molecule has 2 aliphatic rings. The molecule has 0 spiro atoms. The molecule has 2 fully saturated rings. The molecule has 182 valence electrons. The van der Waals surface area contributed by atoms with Crippen LogP contribution >= 0.6 is 0 Å². The third-order valence-electron chi connectivity index (χ3n) is 6.99. The van der Waals surface area contributed by atoms with Gasteiger partial charge >= 0.3 is 0 Å². The van der Waals surface area contributed by atoms with Gasteiger partial charge in [0.05, 0.1) is 21.9 Å². The number of H-pyrrole nitrogens is 1. The average Bonchev–Trinajstić information content (AvgIpc) is 2.86. The van der Waals surface area contributed by atoms with Crippen molar-refractivity contribution < 1.29 is 18.7 Å². The van der Waals surface area contributed by atoms with Crippen molar-refractivity contribution in [3.05, 3.63) is 64.2 Å². The number of carbonyl (C=O) groups is 2. The van der Waals surface area contributed by atoms with Crippen molar-refractivity contribution in [2.75, 3.05) is 33.2 Å². The maximum absolute atomic E-state index is 14.6. The lowest BCUT2D eigenvalue weighted by Gasteiger charge is -2.45. The minimum Gasteiger partial charge on any atom is -0.437 e. The molecular formula is C25H26FN5O4. The summed E-state index contributed by atoms with van der Waals surface area (Å²) in [5, 5.41) is 10.4. The first-order valence-electron chi connectivity index (χ1n) is 11.6. The van der Waals surface area contributed by atoms with Crippen LogP contribution in [0.2, 0.25) is 0 Å². The lowest BCUT2D eigenvalue weighted by atomic mass is 9.75. The number of likely N-dealkylation sites (N-methyl/N-ethyl adjacent to an activating group) is 1. The predicted octanol–water partition coefficient (Wildman–Crippen LogP) is 2.28. The summed E-state index contributed by atoms with van der Waals surface area (Å²) in [6.07, 6.45) is 2.66. The molecule has 35 heavy (non-hydrogen) atoms. The number of nitrogens with zero attached hydrogens (tertiary/aromatic N) is 3. The summed E-state index contributed by atoms with van der Waals surface area (Å²) in [5.74, 6) is -0.698. The Morgan fingerprint density at radius 2 is 1.74 bits per heavy atom. The topological polar surface area (TPSA) is 108 Å². The van der Waals surface area contributed by atoms with Gasteiger partial charge in [-0.1, -0.05) is 12.1 Å². The van der Waals surface area contributed by atoms with Gasteiger partial charge in [0, 0.05) is 26.2 Å². The Kier molecular flexibility index (Phi) is 5.98. The van der Waals surface area contributed by atoms with Crippen LogP contribution in [0, 0.1) is 5.82 Å². The SMILES string of the molecule is CNC1(C(=O)N2CCN(C(=O)c3cc(Oc4n[nH]c(=O)c5ccccc45)ccc3F)CC2)CCC1. The summed E-state index contributed by atoms with van der Waals surface area (Å²) in [5.41, 5.74) is -0.954. The summed E-state index contributed by atoms with van der Waals surface area (Å²) in [7, 11) is 1.81. The van der Waals surface area contributed by atoms with E-state index in [0.29, 0.717) is 37.0 Å². The number of amides is 2. The number of piperazine rings is 1. The number of hydrogen-bond donors (Lipinski definition) is 2. The Morgan fingerprint density at radius 1 is 1.06 bits per heavy atom. The van der Waals surface area contributed by atoms with Gasteiger partial charge in [0.1, 0.15) is 11.6 Å². The number of benzene rings is 2. The number of nitrogens with one attached hydrogen (secondary N) is 2. The van der Waals surface area contributed by atoms with Gasteiger partial charge in [-0.25, -0.2) is 9.49 Å². The van der Waals surface area contributed by atoms with Crippen LogP contribution in [0.4, 0.5) is 4.39 Å². The molecule has 2 heterocycles. The Labute approximate surface area is 200 Å². The number of carbonyl (C=O) groups excluding carboxylic acids is 2. The minimum atomic E-state index is -0.663. The second kappa shape index (κ2) is 9.10. The van der Waals surface area contributed by atoms with Crippen LogP contribution in [0.25, 0.3) is 10.8 Å². The van der Waals surface area contributed by atoms with Crippen LogP contribution in [-0.4, -0.2) is 70.6 Å². The van der Waals surface area contributed by atoms with Gasteiger partial charge in [-0.15, -0.1) is 5.10 Å². The fourth-order valence-corrected chi connectivity index (χ4v) is 4.70. The van der Waals surface area contributed by atoms with Crippen LogP contribution in [0.1, 0.15) is 29.6 Å². The molecule has 9 nitrogen and oxygen atoms in total. The van der Waals surface area contributed by atoms with E-state index in [1.807, 2.05) is 0 Å². The maximum Gasteiger partial charge on any atom is 0.272 e. The Balaban J connectivity index is 1.31. The molecule has 0 atom stereocenters. The van der Waals surface area contributed by atoms with E-state index in [9.17, 15) is 18.8 Å². The highest BCUT2D eigenvalue weighted by atomic mass is 19.1. The lowest BCUT2D eigenvalue weighted by molar-refractivity contribution is -0.143. The zero-order valence-electron chi connectivity index (χ0n) is 19.3. The summed E-state index contributed by atoms with van der Waals surface area (Å²) in [6.45, 7) is 1.44. The van der Waals surface area contributed by atoms with Gasteiger partial charge in [0.25, 0.3) is 11.5 Å². The Bertz CT molecular complexity index is 1340. The fourth-order valence-electron chi connectivity index (χ4n) is 4.70. The van der Waals surface area contributed by atoms with Crippen LogP contribution < -0.4 is 15.6 Å². The molecule has 2 amide bonds. The predicted molar refractivity (Wildman–Crippen MR) is 127 cm³/mol.